The summed E-state index contributed by atoms with van der Waals surface area (Å²) >= 11 is 1.27. The van der Waals surface area contributed by atoms with E-state index in [2.05, 4.69) is 0 Å². The third-order valence-electron chi connectivity index (χ3n) is 2.30. The fraction of sp³-hybridized carbons (Fsp3) is 0.727. The number of carbonyl (C=O) groups is 2. The lowest BCUT2D eigenvalue weighted by Crippen LogP contribution is -2.39. The van der Waals surface area contributed by atoms with Gasteiger partial charge in [0.15, 0.2) is 0 Å². The van der Waals surface area contributed by atoms with Gasteiger partial charge in [0.1, 0.15) is 6.54 Å². The minimum atomic E-state index is -0.363. The molecule has 0 aromatic rings. The summed E-state index contributed by atoms with van der Waals surface area (Å²) in [7, 11) is 0. The lowest BCUT2D eigenvalue weighted by Gasteiger charge is -2.20. The van der Waals surface area contributed by atoms with Crippen molar-refractivity contribution >= 4 is 23.6 Å². The van der Waals surface area contributed by atoms with E-state index in [1.54, 1.807) is 11.8 Å². The molecule has 1 aliphatic rings. The van der Waals surface area contributed by atoms with E-state index < -0.39 is 0 Å². The summed E-state index contributed by atoms with van der Waals surface area (Å²) in [6, 6.07) is 2.16. The van der Waals surface area contributed by atoms with Crippen LogP contribution < -0.4 is 0 Å². The Balaban J connectivity index is 2.39. The molecule has 0 heterocycles. The molecule has 5 nitrogen and oxygen atoms in total. The van der Waals surface area contributed by atoms with Crippen LogP contribution in [0.2, 0.25) is 0 Å². The van der Waals surface area contributed by atoms with Gasteiger partial charge in [-0.15, -0.1) is 11.8 Å². The summed E-state index contributed by atoms with van der Waals surface area (Å²) in [6.07, 6.45) is 1.90. The Morgan fingerprint density at radius 3 is 2.76 bits per heavy atom. The van der Waals surface area contributed by atoms with Gasteiger partial charge in [-0.2, -0.15) is 5.26 Å². The number of ether oxygens (including phenoxy) is 1. The van der Waals surface area contributed by atoms with Crippen LogP contribution >= 0.6 is 11.8 Å². The van der Waals surface area contributed by atoms with Crippen LogP contribution in [-0.2, 0) is 14.3 Å². The van der Waals surface area contributed by atoms with E-state index in [-0.39, 0.29) is 30.2 Å². The third kappa shape index (κ3) is 5.09. The molecule has 0 saturated heterocycles. The van der Waals surface area contributed by atoms with E-state index >= 15 is 0 Å². The number of rotatable bonds is 7. The average Bonchev–Trinajstić information content (AvgIpc) is 3.10. The number of amides is 1. The molecule has 17 heavy (non-hydrogen) atoms. The van der Waals surface area contributed by atoms with Crippen LogP contribution in [0.5, 0.6) is 0 Å². The second kappa shape index (κ2) is 7.17. The molecule has 1 amide bonds. The van der Waals surface area contributed by atoms with E-state index in [4.69, 9.17) is 10.00 Å². The summed E-state index contributed by atoms with van der Waals surface area (Å²) in [4.78, 5) is 24.7. The highest BCUT2D eigenvalue weighted by atomic mass is 32.2. The standard InChI is InChI=1S/C11H16N2O3S/c1-2-16-11(15)7-13(9-3-4-9)10(14)8-17-6-5-12/h9H,2-4,6-8H2,1H3. The number of thioether (sulfide) groups is 1. The lowest BCUT2D eigenvalue weighted by atomic mass is 10.4. The molecule has 0 unspecified atom stereocenters. The van der Waals surface area contributed by atoms with Gasteiger partial charge in [-0.05, 0) is 19.8 Å². The monoisotopic (exact) mass is 256 g/mol. The van der Waals surface area contributed by atoms with Gasteiger partial charge in [0, 0.05) is 6.04 Å². The predicted molar refractivity (Wildman–Crippen MR) is 64.3 cm³/mol. The molecule has 94 valence electrons. The predicted octanol–water partition coefficient (Wildman–Crippen LogP) is 0.797. The highest BCUT2D eigenvalue weighted by Gasteiger charge is 2.33. The van der Waals surface area contributed by atoms with Crippen LogP contribution in [0.25, 0.3) is 0 Å². The summed E-state index contributed by atoms with van der Waals surface area (Å²) in [6.45, 7) is 2.10. The molecule has 6 heteroatoms. The maximum Gasteiger partial charge on any atom is 0.325 e. The summed E-state index contributed by atoms with van der Waals surface area (Å²) in [5.74, 6) is 0.103. The van der Waals surface area contributed by atoms with Crippen LogP contribution in [-0.4, -0.2) is 47.5 Å². The van der Waals surface area contributed by atoms with Crippen molar-refractivity contribution in [1.82, 2.24) is 4.90 Å². The molecule has 1 aliphatic carbocycles. The number of nitrogens with zero attached hydrogens (tertiary/aromatic N) is 2. The van der Waals surface area contributed by atoms with Crippen molar-refractivity contribution in [3.63, 3.8) is 0 Å². The van der Waals surface area contributed by atoms with Crippen LogP contribution in [0.3, 0.4) is 0 Å². The zero-order chi connectivity index (χ0) is 12.7. The van der Waals surface area contributed by atoms with Crippen molar-refractivity contribution in [3.8, 4) is 6.07 Å². The average molecular weight is 256 g/mol. The second-order valence-corrected chi connectivity index (χ2v) is 4.69. The summed E-state index contributed by atoms with van der Waals surface area (Å²) in [5, 5.41) is 8.38. The molecule has 0 atom stereocenters. The van der Waals surface area contributed by atoms with Gasteiger partial charge >= 0.3 is 5.97 Å². The van der Waals surface area contributed by atoms with Crippen LogP contribution in [0, 0.1) is 11.3 Å². The van der Waals surface area contributed by atoms with Gasteiger partial charge < -0.3 is 9.64 Å². The van der Waals surface area contributed by atoms with Crippen molar-refractivity contribution in [2.75, 3.05) is 24.7 Å². The minimum Gasteiger partial charge on any atom is -0.465 e. The number of esters is 1. The first-order valence-electron chi connectivity index (χ1n) is 5.58. The first kappa shape index (κ1) is 13.8. The van der Waals surface area contributed by atoms with Gasteiger partial charge in [0.2, 0.25) is 5.91 Å². The maximum absolute atomic E-state index is 11.8. The molecule has 1 rings (SSSR count). The fourth-order valence-electron chi connectivity index (χ4n) is 1.42. The van der Waals surface area contributed by atoms with Crippen molar-refractivity contribution in [1.29, 1.82) is 5.26 Å². The molecular weight excluding hydrogens is 240 g/mol. The second-order valence-electron chi connectivity index (χ2n) is 3.71. The topological polar surface area (TPSA) is 70.4 Å². The van der Waals surface area contributed by atoms with Crippen LogP contribution in [0.1, 0.15) is 19.8 Å². The summed E-state index contributed by atoms with van der Waals surface area (Å²) in [5.41, 5.74) is 0. The quantitative estimate of drug-likeness (QED) is 0.497. The van der Waals surface area contributed by atoms with E-state index in [1.807, 2.05) is 6.07 Å². The van der Waals surface area contributed by atoms with E-state index in [9.17, 15) is 9.59 Å². The Morgan fingerprint density at radius 2 is 2.24 bits per heavy atom. The Kier molecular flexibility index (Phi) is 5.84. The maximum atomic E-state index is 11.8. The van der Waals surface area contributed by atoms with Gasteiger partial charge in [0.25, 0.3) is 0 Å². The van der Waals surface area contributed by atoms with Crippen LogP contribution in [0.4, 0.5) is 0 Å². The van der Waals surface area contributed by atoms with Crippen molar-refractivity contribution in [2.24, 2.45) is 0 Å². The molecule has 0 radical (unpaired) electrons. The lowest BCUT2D eigenvalue weighted by molar-refractivity contribution is -0.148. The molecule has 1 saturated carbocycles. The Labute approximate surface area is 105 Å². The largest absolute Gasteiger partial charge is 0.465 e. The highest BCUT2D eigenvalue weighted by Crippen LogP contribution is 2.27. The molecule has 0 aromatic carbocycles. The van der Waals surface area contributed by atoms with E-state index in [0.717, 1.165) is 12.8 Å². The Hall–Kier alpha value is -1.22. The first-order valence-corrected chi connectivity index (χ1v) is 6.74. The smallest absolute Gasteiger partial charge is 0.325 e. The Bertz CT molecular complexity index is 323. The molecule has 0 aliphatic heterocycles. The molecule has 0 spiro atoms. The van der Waals surface area contributed by atoms with E-state index in [0.29, 0.717) is 12.4 Å². The minimum absolute atomic E-state index is 0.0322. The number of carbonyl (C=O) groups excluding carboxylic acids is 2. The molecule has 0 aromatic heterocycles. The van der Waals surface area contributed by atoms with Gasteiger partial charge in [-0.3, -0.25) is 9.59 Å². The van der Waals surface area contributed by atoms with Crippen molar-refractivity contribution < 1.29 is 14.3 Å². The molecular formula is C11H16N2O3S. The third-order valence-corrected chi connectivity index (χ3v) is 3.09. The van der Waals surface area contributed by atoms with Crippen molar-refractivity contribution in [3.05, 3.63) is 0 Å². The SMILES string of the molecule is CCOC(=O)CN(C(=O)CSCC#N)C1CC1. The van der Waals surface area contributed by atoms with Crippen molar-refractivity contribution in [2.45, 2.75) is 25.8 Å². The number of hydrogen-bond donors (Lipinski definition) is 0. The fourth-order valence-corrected chi connectivity index (χ4v) is 1.95. The molecule has 0 N–H and O–H groups in total. The zero-order valence-electron chi connectivity index (χ0n) is 9.85. The normalized spacial score (nSPS) is 13.9. The molecule has 0 bridgehead atoms. The Morgan fingerprint density at radius 1 is 1.53 bits per heavy atom. The zero-order valence-corrected chi connectivity index (χ0v) is 10.7. The summed E-state index contributed by atoms with van der Waals surface area (Å²) < 4.78 is 4.83. The van der Waals surface area contributed by atoms with Gasteiger partial charge in [0.05, 0.1) is 24.2 Å². The number of nitriles is 1. The van der Waals surface area contributed by atoms with Gasteiger partial charge in [-0.25, -0.2) is 0 Å². The molecule has 1 fully saturated rings. The van der Waals surface area contributed by atoms with E-state index in [1.165, 1.54) is 11.8 Å². The van der Waals surface area contributed by atoms with Gasteiger partial charge in [-0.1, -0.05) is 0 Å². The number of hydrogen-bond acceptors (Lipinski definition) is 5. The van der Waals surface area contributed by atoms with Crippen LogP contribution in [0.15, 0.2) is 0 Å². The highest BCUT2D eigenvalue weighted by molar-refractivity contribution is 8.00. The first-order chi connectivity index (χ1) is 8.19.